The van der Waals surface area contributed by atoms with Crippen LogP contribution in [-0.4, -0.2) is 63.3 Å². The van der Waals surface area contributed by atoms with Crippen LogP contribution in [0.15, 0.2) is 22.1 Å². The van der Waals surface area contributed by atoms with Crippen LogP contribution in [-0.2, 0) is 14.6 Å². The summed E-state index contributed by atoms with van der Waals surface area (Å²) in [6.07, 6.45) is 2.32. The Morgan fingerprint density at radius 3 is 2.59 bits per heavy atom. The highest BCUT2D eigenvalue weighted by atomic mass is 35.5. The second kappa shape index (κ2) is 6.64. The van der Waals surface area contributed by atoms with Gasteiger partial charge in [-0.25, -0.2) is 13.2 Å². The third kappa shape index (κ3) is 3.76. The molecule has 0 aromatic heterocycles. The first-order valence-electron chi connectivity index (χ1n) is 6.43. The van der Waals surface area contributed by atoms with E-state index in [-0.39, 0.29) is 21.0 Å². The molecule has 0 radical (unpaired) electrons. The van der Waals surface area contributed by atoms with Gasteiger partial charge in [-0.3, -0.25) is 5.01 Å². The van der Waals surface area contributed by atoms with E-state index >= 15 is 0 Å². The minimum absolute atomic E-state index is 0.0560. The Balaban J connectivity index is 2.47. The number of aromatic carboxylic acids is 1. The summed E-state index contributed by atoms with van der Waals surface area (Å²) in [7, 11) is -3.56. The van der Waals surface area contributed by atoms with Gasteiger partial charge in [0.2, 0.25) is 0 Å². The normalized spacial score (nSPS) is 16.2. The maximum Gasteiger partial charge on any atom is 0.337 e. The van der Waals surface area contributed by atoms with Gasteiger partial charge in [-0.15, -0.1) is 0 Å². The van der Waals surface area contributed by atoms with Crippen molar-refractivity contribution in [3.63, 3.8) is 0 Å². The van der Waals surface area contributed by atoms with Gasteiger partial charge in [-0.2, -0.15) is 5.10 Å². The number of benzene rings is 1. The number of hydrogen-bond donors (Lipinski definition) is 1. The zero-order valence-electron chi connectivity index (χ0n) is 11.8. The third-order valence-electron chi connectivity index (χ3n) is 3.11. The molecule has 1 N–H and O–H groups in total. The molecular formula is C13H15ClN2O5S. The van der Waals surface area contributed by atoms with E-state index in [9.17, 15) is 13.2 Å². The third-order valence-corrected chi connectivity index (χ3v) is 4.67. The van der Waals surface area contributed by atoms with Gasteiger partial charge < -0.3 is 9.84 Å². The highest BCUT2D eigenvalue weighted by molar-refractivity contribution is 7.90. The van der Waals surface area contributed by atoms with Crippen LogP contribution >= 0.6 is 11.6 Å². The number of morpholine rings is 1. The first kappa shape index (κ1) is 16.7. The molecule has 0 spiro atoms. The van der Waals surface area contributed by atoms with E-state index in [1.807, 2.05) is 0 Å². The second-order valence-corrected chi connectivity index (χ2v) is 7.09. The molecule has 1 saturated heterocycles. The summed E-state index contributed by atoms with van der Waals surface area (Å²) in [6.45, 7) is 2.19. The average molecular weight is 347 g/mol. The quantitative estimate of drug-likeness (QED) is 0.820. The van der Waals surface area contributed by atoms with Crippen molar-refractivity contribution in [1.29, 1.82) is 0 Å². The Hall–Kier alpha value is -1.64. The van der Waals surface area contributed by atoms with Crippen LogP contribution in [0.4, 0.5) is 0 Å². The Bertz CT molecular complexity index is 711. The largest absolute Gasteiger partial charge is 0.478 e. The molecule has 7 nitrogen and oxygen atoms in total. The van der Waals surface area contributed by atoms with Crippen LogP contribution in [0.5, 0.6) is 0 Å². The summed E-state index contributed by atoms with van der Waals surface area (Å²) in [4.78, 5) is 11.1. The maximum absolute atomic E-state index is 11.8. The number of hydrogen-bond acceptors (Lipinski definition) is 6. The fraction of sp³-hybridized carbons (Fsp3) is 0.385. The van der Waals surface area contributed by atoms with Gasteiger partial charge in [0.1, 0.15) is 0 Å². The fourth-order valence-electron chi connectivity index (χ4n) is 1.99. The van der Waals surface area contributed by atoms with Crippen molar-refractivity contribution < 1.29 is 23.1 Å². The van der Waals surface area contributed by atoms with Gasteiger partial charge in [0.15, 0.2) is 9.84 Å². The van der Waals surface area contributed by atoms with Crippen molar-refractivity contribution >= 4 is 33.6 Å². The topological polar surface area (TPSA) is 96.3 Å². The van der Waals surface area contributed by atoms with Crippen molar-refractivity contribution in [2.45, 2.75) is 4.90 Å². The van der Waals surface area contributed by atoms with Crippen LogP contribution in [0.1, 0.15) is 15.9 Å². The van der Waals surface area contributed by atoms with E-state index in [0.717, 1.165) is 6.26 Å². The van der Waals surface area contributed by atoms with Crippen molar-refractivity contribution in [3.8, 4) is 0 Å². The molecule has 9 heteroatoms. The van der Waals surface area contributed by atoms with E-state index in [0.29, 0.717) is 26.3 Å². The van der Waals surface area contributed by atoms with E-state index < -0.39 is 15.8 Å². The van der Waals surface area contributed by atoms with E-state index in [4.69, 9.17) is 21.4 Å². The maximum atomic E-state index is 11.8. The molecule has 0 aliphatic carbocycles. The second-order valence-electron chi connectivity index (χ2n) is 4.73. The van der Waals surface area contributed by atoms with Gasteiger partial charge >= 0.3 is 5.97 Å². The summed E-state index contributed by atoms with van der Waals surface area (Å²) in [5.41, 5.74) is -0.0898. The first-order valence-corrected chi connectivity index (χ1v) is 8.70. The summed E-state index contributed by atoms with van der Waals surface area (Å²) in [6, 6.07) is 2.40. The molecule has 0 saturated carbocycles. The molecule has 1 fully saturated rings. The Kier molecular flexibility index (Phi) is 5.05. The van der Waals surface area contributed by atoms with Crippen LogP contribution < -0.4 is 0 Å². The van der Waals surface area contributed by atoms with Gasteiger partial charge in [0.05, 0.1) is 48.0 Å². The minimum Gasteiger partial charge on any atom is -0.478 e. The summed E-state index contributed by atoms with van der Waals surface area (Å²) < 4.78 is 28.9. The minimum atomic E-state index is -3.56. The number of sulfone groups is 1. The van der Waals surface area contributed by atoms with E-state index in [1.165, 1.54) is 18.3 Å². The zero-order chi connectivity index (χ0) is 16.3. The smallest absolute Gasteiger partial charge is 0.337 e. The summed E-state index contributed by atoms with van der Waals surface area (Å²) >= 11 is 6.05. The lowest BCUT2D eigenvalue weighted by molar-refractivity contribution is 0.0397. The van der Waals surface area contributed by atoms with Crippen molar-refractivity contribution in [2.24, 2.45) is 5.10 Å². The number of rotatable bonds is 4. The number of carboxylic acids is 1. The van der Waals surface area contributed by atoms with Crippen molar-refractivity contribution in [2.75, 3.05) is 32.6 Å². The Morgan fingerprint density at radius 1 is 1.41 bits per heavy atom. The Morgan fingerprint density at radius 2 is 2.05 bits per heavy atom. The molecule has 0 atom stereocenters. The zero-order valence-corrected chi connectivity index (χ0v) is 13.4. The van der Waals surface area contributed by atoms with Crippen LogP contribution in [0.2, 0.25) is 5.02 Å². The molecule has 0 amide bonds. The molecule has 1 aromatic rings. The van der Waals surface area contributed by atoms with Gasteiger partial charge in [-0.1, -0.05) is 11.6 Å². The predicted octanol–water partition coefficient (Wildman–Crippen LogP) is 1.11. The molecule has 1 heterocycles. The fourth-order valence-corrected chi connectivity index (χ4v) is 3.21. The van der Waals surface area contributed by atoms with Crippen LogP contribution in [0.3, 0.4) is 0 Å². The van der Waals surface area contributed by atoms with Crippen LogP contribution in [0, 0.1) is 0 Å². The summed E-state index contributed by atoms with van der Waals surface area (Å²) in [5.74, 6) is -1.23. The Labute approximate surface area is 133 Å². The number of hydrazone groups is 1. The molecule has 0 unspecified atom stereocenters. The average Bonchev–Trinajstić information content (AvgIpc) is 2.45. The number of carboxylic acid groups (broad SMARTS) is 1. The van der Waals surface area contributed by atoms with Gasteiger partial charge in [0.25, 0.3) is 0 Å². The molecule has 1 aliphatic heterocycles. The molecule has 120 valence electrons. The van der Waals surface area contributed by atoms with Crippen molar-refractivity contribution in [3.05, 3.63) is 28.3 Å². The molecule has 2 rings (SSSR count). The summed E-state index contributed by atoms with van der Waals surface area (Å²) in [5, 5.41) is 14.8. The van der Waals surface area contributed by atoms with Gasteiger partial charge in [0, 0.05) is 11.8 Å². The van der Waals surface area contributed by atoms with Crippen LogP contribution in [0.25, 0.3) is 0 Å². The number of nitrogens with zero attached hydrogens (tertiary/aromatic N) is 2. The monoisotopic (exact) mass is 346 g/mol. The molecule has 22 heavy (non-hydrogen) atoms. The molecule has 0 bridgehead atoms. The molecule has 1 aliphatic rings. The molecule has 1 aromatic carbocycles. The van der Waals surface area contributed by atoms with E-state index in [2.05, 4.69) is 5.10 Å². The number of halogens is 1. The predicted molar refractivity (Wildman–Crippen MR) is 81.5 cm³/mol. The SMILES string of the molecule is CS(=O)(=O)c1ccc(C(=O)O)c(Cl)c1C=NN1CCOCC1. The number of carbonyl (C=O) groups is 1. The number of ether oxygens (including phenoxy) is 1. The standard InChI is InChI=1S/C13H15ClN2O5S/c1-22(19,20)11-3-2-9(13(17)18)12(14)10(11)8-15-16-4-6-21-7-5-16/h2-3,8H,4-7H2,1H3,(H,17,18). The highest BCUT2D eigenvalue weighted by Gasteiger charge is 2.20. The van der Waals surface area contributed by atoms with Gasteiger partial charge in [-0.05, 0) is 12.1 Å². The lowest BCUT2D eigenvalue weighted by Crippen LogP contribution is -2.32. The molecular weight excluding hydrogens is 332 g/mol. The lowest BCUT2D eigenvalue weighted by Gasteiger charge is -2.23. The highest BCUT2D eigenvalue weighted by Crippen LogP contribution is 2.27. The first-order chi connectivity index (χ1) is 10.3. The van der Waals surface area contributed by atoms with E-state index in [1.54, 1.807) is 5.01 Å². The lowest BCUT2D eigenvalue weighted by atomic mass is 10.1. The van der Waals surface area contributed by atoms with Crippen molar-refractivity contribution in [1.82, 2.24) is 5.01 Å².